The van der Waals surface area contributed by atoms with Gasteiger partial charge in [-0.1, -0.05) is 10.3 Å². The summed E-state index contributed by atoms with van der Waals surface area (Å²) in [6.07, 6.45) is 0. The molecule has 2 fully saturated rings. The van der Waals surface area contributed by atoms with Gasteiger partial charge >= 0.3 is 0 Å². The second kappa shape index (κ2) is 6.39. The van der Waals surface area contributed by atoms with Gasteiger partial charge in [0.2, 0.25) is 15.9 Å². The first-order valence-corrected chi connectivity index (χ1v) is 10.8. The highest BCUT2D eigenvalue weighted by atomic mass is 32.2. The molecule has 0 aliphatic carbocycles. The lowest BCUT2D eigenvalue weighted by atomic mass is 9.81. The molecule has 0 aromatic carbocycles. The number of aryl methyl sites for hydroxylation is 3. The van der Waals surface area contributed by atoms with Gasteiger partial charge in [0.25, 0.3) is 0 Å². The number of hydrogen-bond acceptors (Lipinski definition) is 8. The van der Waals surface area contributed by atoms with E-state index in [0.717, 1.165) is 23.6 Å². The number of fused-ring (bicyclic) bond motifs is 1. The van der Waals surface area contributed by atoms with Crippen LogP contribution in [0.3, 0.4) is 0 Å². The molecule has 0 amide bonds. The number of sulfonamides is 1. The van der Waals surface area contributed by atoms with E-state index in [0.29, 0.717) is 37.9 Å². The molecule has 0 radical (unpaired) electrons. The predicted molar refractivity (Wildman–Crippen MR) is 96.5 cm³/mol. The van der Waals surface area contributed by atoms with Crippen LogP contribution in [0.4, 0.5) is 0 Å². The SMILES string of the molecule is CCS(=O)(=O)N1C[C@@H]2CN(Cc3c(C)noc3C)C[C@]2(c2nc(C)no2)C1. The fourth-order valence-electron chi connectivity index (χ4n) is 4.39. The summed E-state index contributed by atoms with van der Waals surface area (Å²) in [4.78, 5) is 6.79. The van der Waals surface area contributed by atoms with Crippen LogP contribution in [0.5, 0.6) is 0 Å². The van der Waals surface area contributed by atoms with Crippen molar-refractivity contribution >= 4 is 10.0 Å². The summed E-state index contributed by atoms with van der Waals surface area (Å²) in [6, 6.07) is 0. The number of likely N-dealkylation sites (tertiary alicyclic amines) is 1. The van der Waals surface area contributed by atoms with Crippen molar-refractivity contribution in [2.75, 3.05) is 31.9 Å². The smallest absolute Gasteiger partial charge is 0.235 e. The third-order valence-electron chi connectivity index (χ3n) is 5.92. The first-order chi connectivity index (χ1) is 12.7. The number of hydrogen-bond donors (Lipinski definition) is 0. The van der Waals surface area contributed by atoms with Gasteiger partial charge in [-0.3, -0.25) is 4.90 Å². The van der Waals surface area contributed by atoms with E-state index in [1.54, 1.807) is 18.2 Å². The van der Waals surface area contributed by atoms with Gasteiger partial charge in [0.15, 0.2) is 5.82 Å². The van der Waals surface area contributed by atoms with Crippen molar-refractivity contribution in [3.8, 4) is 0 Å². The molecule has 2 saturated heterocycles. The van der Waals surface area contributed by atoms with Crippen LogP contribution in [0.25, 0.3) is 0 Å². The number of aromatic nitrogens is 3. The Kier molecular flexibility index (Phi) is 4.39. The van der Waals surface area contributed by atoms with E-state index in [1.165, 1.54) is 0 Å². The zero-order valence-corrected chi connectivity index (χ0v) is 16.9. The van der Waals surface area contributed by atoms with E-state index in [1.807, 2.05) is 13.8 Å². The van der Waals surface area contributed by atoms with Gasteiger partial charge in [-0.15, -0.1) is 0 Å². The van der Waals surface area contributed by atoms with E-state index in [2.05, 4.69) is 20.2 Å². The molecule has 4 heterocycles. The standard InChI is InChI=1S/C17H25N5O4S/c1-5-27(23,24)22-7-14-6-21(8-15-11(2)19-25-12(15)3)9-17(14,10-22)16-18-13(4)20-26-16/h14H,5-10H2,1-4H3/t14-,17-/m0/s1. The summed E-state index contributed by atoms with van der Waals surface area (Å²) in [5.41, 5.74) is 1.51. The maximum atomic E-state index is 12.5. The molecule has 27 heavy (non-hydrogen) atoms. The molecule has 0 saturated carbocycles. The zero-order valence-electron chi connectivity index (χ0n) is 16.1. The predicted octanol–water partition coefficient (Wildman–Crippen LogP) is 1.02. The molecule has 0 unspecified atom stereocenters. The molecule has 0 spiro atoms. The van der Waals surface area contributed by atoms with Crippen molar-refractivity contribution < 1.29 is 17.5 Å². The molecule has 2 aromatic heterocycles. The van der Waals surface area contributed by atoms with E-state index in [-0.39, 0.29) is 11.7 Å². The van der Waals surface area contributed by atoms with Crippen LogP contribution in [-0.4, -0.2) is 64.9 Å². The van der Waals surface area contributed by atoms with E-state index >= 15 is 0 Å². The van der Waals surface area contributed by atoms with E-state index < -0.39 is 15.4 Å². The fourth-order valence-corrected chi connectivity index (χ4v) is 5.59. The van der Waals surface area contributed by atoms with Crippen molar-refractivity contribution in [2.24, 2.45) is 5.92 Å². The van der Waals surface area contributed by atoms with Gasteiger partial charge in [0.1, 0.15) is 5.76 Å². The Morgan fingerprint density at radius 2 is 1.93 bits per heavy atom. The molecule has 148 valence electrons. The van der Waals surface area contributed by atoms with Crippen LogP contribution in [0, 0.1) is 26.7 Å². The maximum absolute atomic E-state index is 12.5. The zero-order chi connectivity index (χ0) is 19.4. The summed E-state index contributed by atoms with van der Waals surface area (Å²) < 4.78 is 37.3. The molecule has 2 atom stereocenters. The lowest BCUT2D eigenvalue weighted by molar-refractivity contribution is 0.243. The van der Waals surface area contributed by atoms with Crippen molar-refractivity contribution in [1.82, 2.24) is 24.5 Å². The molecular weight excluding hydrogens is 370 g/mol. The molecule has 2 aromatic rings. The second-order valence-corrected chi connectivity index (χ2v) is 9.92. The third kappa shape index (κ3) is 2.99. The molecule has 9 nitrogen and oxygen atoms in total. The van der Waals surface area contributed by atoms with Crippen LogP contribution in [-0.2, 0) is 22.0 Å². The van der Waals surface area contributed by atoms with E-state index in [9.17, 15) is 8.42 Å². The Balaban J connectivity index is 1.64. The summed E-state index contributed by atoms with van der Waals surface area (Å²) in [6.45, 7) is 10.3. The third-order valence-corrected chi connectivity index (χ3v) is 7.72. The minimum Gasteiger partial charge on any atom is -0.361 e. The minimum absolute atomic E-state index is 0.0987. The van der Waals surface area contributed by atoms with E-state index in [4.69, 9.17) is 9.05 Å². The van der Waals surface area contributed by atoms with Crippen molar-refractivity contribution in [1.29, 1.82) is 0 Å². The molecule has 0 bridgehead atoms. The molecular formula is C17H25N5O4S. The Labute approximate surface area is 158 Å². The summed E-state index contributed by atoms with van der Waals surface area (Å²) >= 11 is 0. The summed E-state index contributed by atoms with van der Waals surface area (Å²) in [5, 5.41) is 7.99. The Bertz CT molecular complexity index is 933. The highest BCUT2D eigenvalue weighted by Gasteiger charge is 2.58. The van der Waals surface area contributed by atoms with Crippen LogP contribution in [0.1, 0.15) is 35.7 Å². The van der Waals surface area contributed by atoms with Crippen molar-refractivity contribution in [3.63, 3.8) is 0 Å². The highest BCUT2D eigenvalue weighted by Crippen LogP contribution is 2.45. The van der Waals surface area contributed by atoms with Gasteiger partial charge in [0.05, 0.1) is 16.9 Å². The average molecular weight is 395 g/mol. The summed E-state index contributed by atoms with van der Waals surface area (Å²) in [7, 11) is -3.26. The van der Waals surface area contributed by atoms with Crippen LogP contribution >= 0.6 is 0 Å². The first-order valence-electron chi connectivity index (χ1n) is 9.18. The Morgan fingerprint density at radius 1 is 1.15 bits per heavy atom. The van der Waals surface area contributed by atoms with Crippen molar-refractivity contribution in [2.45, 2.75) is 39.7 Å². The second-order valence-electron chi connectivity index (χ2n) is 7.67. The van der Waals surface area contributed by atoms with Gasteiger partial charge in [-0.2, -0.15) is 4.98 Å². The topological polar surface area (TPSA) is 106 Å². The van der Waals surface area contributed by atoms with Gasteiger partial charge < -0.3 is 9.05 Å². The average Bonchev–Trinajstić information content (AvgIpc) is 3.34. The molecule has 4 rings (SSSR count). The highest BCUT2D eigenvalue weighted by molar-refractivity contribution is 7.89. The normalized spacial score (nSPS) is 26.7. The van der Waals surface area contributed by atoms with Crippen LogP contribution in [0.2, 0.25) is 0 Å². The lowest BCUT2D eigenvalue weighted by Crippen LogP contribution is -2.40. The van der Waals surface area contributed by atoms with Gasteiger partial charge in [-0.25, -0.2) is 12.7 Å². The maximum Gasteiger partial charge on any atom is 0.235 e. The number of nitrogens with zero attached hydrogens (tertiary/aromatic N) is 5. The first kappa shape index (κ1) is 18.6. The number of rotatable bonds is 5. The fraction of sp³-hybridized carbons (Fsp3) is 0.706. The van der Waals surface area contributed by atoms with Crippen LogP contribution in [0.15, 0.2) is 9.05 Å². The lowest BCUT2D eigenvalue weighted by Gasteiger charge is -2.25. The Morgan fingerprint density at radius 3 is 2.52 bits per heavy atom. The summed E-state index contributed by atoms with van der Waals surface area (Å²) in [5.74, 6) is 2.14. The largest absolute Gasteiger partial charge is 0.361 e. The monoisotopic (exact) mass is 395 g/mol. The molecule has 2 aliphatic heterocycles. The van der Waals surface area contributed by atoms with Crippen LogP contribution < -0.4 is 0 Å². The Hall–Kier alpha value is -1.78. The minimum atomic E-state index is -3.26. The quantitative estimate of drug-likeness (QED) is 0.739. The van der Waals surface area contributed by atoms with Gasteiger partial charge in [0, 0.05) is 44.2 Å². The van der Waals surface area contributed by atoms with Crippen molar-refractivity contribution in [3.05, 3.63) is 28.7 Å². The van der Waals surface area contributed by atoms with Gasteiger partial charge in [-0.05, 0) is 27.7 Å². The molecule has 10 heteroatoms. The molecule has 0 N–H and O–H groups in total. The molecule has 2 aliphatic rings.